The first-order valence-corrected chi connectivity index (χ1v) is 13.6. The van der Waals surface area contributed by atoms with Gasteiger partial charge in [0.15, 0.2) is 6.80 Å². The normalized spacial score (nSPS) is 19.5. The van der Waals surface area contributed by atoms with E-state index in [1.807, 2.05) is 78.9 Å². The zero-order chi connectivity index (χ0) is 27.9. The van der Waals surface area contributed by atoms with Crippen molar-refractivity contribution in [2.24, 2.45) is 0 Å². The third kappa shape index (κ3) is 6.15. The molecule has 0 unspecified atom stereocenters. The number of nitrogens with zero attached hydrogens (tertiary/aromatic N) is 4. The average molecular weight is 544 g/mol. The van der Waals surface area contributed by atoms with Gasteiger partial charge in [-0.15, -0.1) is 0 Å². The fraction of sp³-hybridized carbons (Fsp3) is 0.323. The van der Waals surface area contributed by atoms with E-state index in [1.165, 1.54) is 15.5 Å². The average Bonchev–Trinajstić information content (AvgIpc) is 2.99. The van der Waals surface area contributed by atoms with E-state index in [0.717, 1.165) is 29.0 Å². The van der Waals surface area contributed by atoms with Crippen molar-refractivity contribution in [1.82, 2.24) is 25.1 Å². The highest BCUT2D eigenvalue weighted by Gasteiger charge is 2.51. The van der Waals surface area contributed by atoms with E-state index in [0.29, 0.717) is 13.0 Å². The highest BCUT2D eigenvalue weighted by molar-refractivity contribution is 5.91. The maximum absolute atomic E-state index is 14.2. The molecule has 40 heavy (non-hydrogen) atoms. The lowest BCUT2D eigenvalue weighted by molar-refractivity contribution is -0.194. The number of nitrogens with one attached hydrogen (secondary N) is 1. The van der Waals surface area contributed by atoms with Crippen LogP contribution in [-0.4, -0.2) is 76.3 Å². The standard InChI is InChI=1S/C31H34FN5O3/c32-23-35-22-29(38)36-27(19-25-13-6-2-7-14-25)30(39)34(18-10-17-24-11-4-1-5-12-24)21-28(36)37(35)31(40)33-20-26-15-8-3-9-16-26/h1-9,11-16,27-28H,10,17-23H2,(H,33,40)/t27-,28-/m0/s1. The smallest absolute Gasteiger partial charge is 0.334 e. The second-order valence-corrected chi connectivity index (χ2v) is 10.1. The van der Waals surface area contributed by atoms with Crippen molar-refractivity contribution in [3.05, 3.63) is 108 Å². The van der Waals surface area contributed by atoms with Gasteiger partial charge in [-0.1, -0.05) is 91.0 Å². The highest BCUT2D eigenvalue weighted by atomic mass is 19.1. The maximum Gasteiger partial charge on any atom is 0.334 e. The van der Waals surface area contributed by atoms with Crippen LogP contribution in [0.15, 0.2) is 91.0 Å². The first-order valence-electron chi connectivity index (χ1n) is 13.6. The molecule has 2 aliphatic heterocycles. The topological polar surface area (TPSA) is 76.2 Å². The number of amides is 4. The zero-order valence-corrected chi connectivity index (χ0v) is 22.4. The summed E-state index contributed by atoms with van der Waals surface area (Å²) < 4.78 is 14.2. The van der Waals surface area contributed by atoms with Crippen LogP contribution in [0, 0.1) is 0 Å². The second-order valence-electron chi connectivity index (χ2n) is 10.1. The number of carbonyl (C=O) groups excluding carboxylic acids is 3. The lowest BCUT2D eigenvalue weighted by Crippen LogP contribution is -2.76. The number of rotatable bonds is 9. The van der Waals surface area contributed by atoms with Crippen molar-refractivity contribution in [2.75, 3.05) is 26.4 Å². The summed E-state index contributed by atoms with van der Waals surface area (Å²) >= 11 is 0. The molecule has 0 aliphatic carbocycles. The zero-order valence-electron chi connectivity index (χ0n) is 22.4. The second kappa shape index (κ2) is 12.7. The number of halogens is 1. The molecule has 8 nitrogen and oxygen atoms in total. The van der Waals surface area contributed by atoms with Gasteiger partial charge in [0, 0.05) is 19.5 Å². The van der Waals surface area contributed by atoms with Gasteiger partial charge in [-0.05, 0) is 29.5 Å². The SMILES string of the molecule is O=C1[C@H](Cc2ccccc2)N2C(=O)CN(CF)N(C(=O)NCc3ccccc3)[C@H]2CN1CCCc1ccccc1. The highest BCUT2D eigenvalue weighted by Crippen LogP contribution is 2.28. The number of hydrazine groups is 1. The van der Waals surface area contributed by atoms with Gasteiger partial charge in [-0.2, -0.15) is 5.01 Å². The Morgan fingerprint density at radius 1 is 0.850 bits per heavy atom. The van der Waals surface area contributed by atoms with Crippen LogP contribution in [0.3, 0.4) is 0 Å². The van der Waals surface area contributed by atoms with Crippen LogP contribution in [0.2, 0.25) is 0 Å². The number of benzene rings is 3. The van der Waals surface area contributed by atoms with Gasteiger partial charge >= 0.3 is 6.03 Å². The molecule has 0 bridgehead atoms. The van der Waals surface area contributed by atoms with Gasteiger partial charge in [0.2, 0.25) is 11.8 Å². The Balaban J connectivity index is 1.40. The molecule has 9 heteroatoms. The molecule has 3 aromatic carbocycles. The summed E-state index contributed by atoms with van der Waals surface area (Å²) in [5.41, 5.74) is 2.98. The number of fused-ring (bicyclic) bond motifs is 1. The molecular formula is C31H34FN5O3. The predicted molar refractivity (Wildman–Crippen MR) is 149 cm³/mol. The summed E-state index contributed by atoms with van der Waals surface area (Å²) in [6.07, 6.45) is 1.00. The first kappa shape index (κ1) is 27.3. The Morgan fingerprint density at radius 3 is 2.08 bits per heavy atom. The number of hydrogen-bond acceptors (Lipinski definition) is 4. The van der Waals surface area contributed by atoms with Crippen molar-refractivity contribution >= 4 is 17.8 Å². The Morgan fingerprint density at radius 2 is 1.45 bits per heavy atom. The summed E-state index contributed by atoms with van der Waals surface area (Å²) in [5, 5.41) is 5.29. The van der Waals surface area contributed by atoms with E-state index >= 15 is 0 Å². The van der Waals surface area contributed by atoms with Gasteiger partial charge in [0.1, 0.15) is 18.8 Å². The number of hydrogen-bond donors (Lipinski definition) is 1. The lowest BCUT2D eigenvalue weighted by Gasteiger charge is -2.54. The number of alkyl halides is 1. The largest absolute Gasteiger partial charge is 0.337 e. The van der Waals surface area contributed by atoms with E-state index in [9.17, 15) is 18.8 Å². The minimum atomic E-state index is -1.000. The third-order valence-corrected chi connectivity index (χ3v) is 7.47. The third-order valence-electron chi connectivity index (χ3n) is 7.47. The van der Waals surface area contributed by atoms with Gasteiger partial charge in [0.25, 0.3) is 0 Å². The molecule has 2 aliphatic rings. The molecule has 2 saturated heterocycles. The molecule has 4 amide bonds. The summed E-state index contributed by atoms with van der Waals surface area (Å²) in [6.45, 7) is -0.491. The van der Waals surface area contributed by atoms with Crippen LogP contribution in [0.5, 0.6) is 0 Å². The molecule has 2 fully saturated rings. The van der Waals surface area contributed by atoms with E-state index in [2.05, 4.69) is 17.4 Å². The quantitative estimate of drug-likeness (QED) is 0.419. The van der Waals surface area contributed by atoms with Crippen molar-refractivity contribution < 1.29 is 18.8 Å². The minimum Gasteiger partial charge on any atom is -0.337 e. The predicted octanol–water partition coefficient (Wildman–Crippen LogP) is 3.60. The van der Waals surface area contributed by atoms with Crippen molar-refractivity contribution in [2.45, 2.75) is 38.0 Å². The van der Waals surface area contributed by atoms with Gasteiger partial charge in [0.05, 0.1) is 6.54 Å². The molecule has 0 spiro atoms. The van der Waals surface area contributed by atoms with Gasteiger partial charge in [-0.25, -0.2) is 14.2 Å². The van der Waals surface area contributed by atoms with Crippen LogP contribution in [0.1, 0.15) is 23.1 Å². The number of aryl methyl sites for hydroxylation is 1. The Labute approximate surface area is 233 Å². The number of carbonyl (C=O) groups is 3. The maximum atomic E-state index is 14.2. The van der Waals surface area contributed by atoms with E-state index < -0.39 is 25.0 Å². The van der Waals surface area contributed by atoms with E-state index in [1.54, 1.807) is 4.90 Å². The fourth-order valence-electron chi connectivity index (χ4n) is 5.51. The van der Waals surface area contributed by atoms with Crippen LogP contribution in [0.4, 0.5) is 9.18 Å². The van der Waals surface area contributed by atoms with Gasteiger partial charge in [-0.3, -0.25) is 9.59 Å². The summed E-state index contributed by atoms with van der Waals surface area (Å²) in [6, 6.07) is 27.7. The lowest BCUT2D eigenvalue weighted by atomic mass is 9.98. The Kier molecular flexibility index (Phi) is 8.71. The van der Waals surface area contributed by atoms with Gasteiger partial charge < -0.3 is 15.1 Å². The Hall–Kier alpha value is -4.24. The van der Waals surface area contributed by atoms with Crippen molar-refractivity contribution in [3.8, 4) is 0 Å². The summed E-state index contributed by atoms with van der Waals surface area (Å²) in [7, 11) is 0. The summed E-state index contributed by atoms with van der Waals surface area (Å²) in [5.74, 6) is -0.521. The van der Waals surface area contributed by atoms with E-state index in [4.69, 9.17) is 0 Å². The van der Waals surface area contributed by atoms with Crippen LogP contribution in [0.25, 0.3) is 0 Å². The minimum absolute atomic E-state index is 0.111. The van der Waals surface area contributed by atoms with Crippen LogP contribution >= 0.6 is 0 Å². The van der Waals surface area contributed by atoms with E-state index in [-0.39, 0.29) is 31.4 Å². The van der Waals surface area contributed by atoms with Crippen molar-refractivity contribution in [3.63, 3.8) is 0 Å². The molecule has 0 radical (unpaired) electrons. The molecule has 2 atom stereocenters. The molecule has 208 valence electrons. The molecule has 0 saturated carbocycles. The molecule has 2 heterocycles. The molecule has 0 aromatic heterocycles. The van der Waals surface area contributed by atoms with Crippen LogP contribution < -0.4 is 5.32 Å². The van der Waals surface area contributed by atoms with Crippen LogP contribution in [-0.2, 0) is 29.0 Å². The molecule has 3 aromatic rings. The molecular weight excluding hydrogens is 509 g/mol. The fourth-order valence-corrected chi connectivity index (χ4v) is 5.51. The molecule has 1 N–H and O–H groups in total. The number of piperazine rings is 1. The van der Waals surface area contributed by atoms with Crippen molar-refractivity contribution in [1.29, 1.82) is 0 Å². The number of urea groups is 1. The Bertz CT molecular complexity index is 1290. The first-order chi connectivity index (χ1) is 19.5. The molecule has 5 rings (SSSR count). The monoisotopic (exact) mass is 543 g/mol. The summed E-state index contributed by atoms with van der Waals surface area (Å²) in [4.78, 5) is 44.0.